The topological polar surface area (TPSA) is 82.3 Å². The molecule has 0 radical (unpaired) electrons. The maximum atomic E-state index is 12.0. The van der Waals surface area contributed by atoms with Gasteiger partial charge in [-0.1, -0.05) is 0 Å². The molecule has 3 rings (SSSR count). The quantitative estimate of drug-likeness (QED) is 0.850. The highest BCUT2D eigenvalue weighted by molar-refractivity contribution is 5.94. The van der Waals surface area contributed by atoms with Gasteiger partial charge >= 0.3 is 0 Å². The van der Waals surface area contributed by atoms with Crippen LogP contribution in [0.1, 0.15) is 36.0 Å². The minimum atomic E-state index is -0.224. The fraction of sp³-hybridized carbons (Fsp3) is 0.533. The molecule has 1 aromatic rings. The number of amides is 2. The number of carbonyl (C=O) groups is 2. The molecule has 21 heavy (non-hydrogen) atoms. The zero-order chi connectivity index (χ0) is 14.8. The van der Waals surface area contributed by atoms with Crippen LogP contribution in [0.15, 0.2) is 23.1 Å². The van der Waals surface area contributed by atoms with Gasteiger partial charge in [0.25, 0.3) is 5.91 Å². The number of likely N-dealkylation sites (tertiary alicyclic amines) is 1. The van der Waals surface area contributed by atoms with Crippen molar-refractivity contribution in [2.24, 2.45) is 5.92 Å². The van der Waals surface area contributed by atoms with Crippen LogP contribution in [0.2, 0.25) is 0 Å². The van der Waals surface area contributed by atoms with E-state index in [1.807, 2.05) is 4.90 Å². The number of hydrogen-bond acceptors (Lipinski definition) is 3. The molecular weight excluding hydrogens is 270 g/mol. The summed E-state index contributed by atoms with van der Waals surface area (Å²) in [6, 6.07) is 2.94. The van der Waals surface area contributed by atoms with Crippen LogP contribution in [-0.2, 0) is 4.79 Å². The van der Waals surface area contributed by atoms with Crippen LogP contribution in [0.4, 0.5) is 0 Å². The van der Waals surface area contributed by atoms with Crippen molar-refractivity contribution in [3.8, 4) is 0 Å². The van der Waals surface area contributed by atoms with Gasteiger partial charge in [0.15, 0.2) is 0 Å². The fourth-order valence-corrected chi connectivity index (χ4v) is 2.65. The highest BCUT2D eigenvalue weighted by atomic mass is 16.2. The lowest BCUT2D eigenvalue weighted by Gasteiger charge is -2.32. The summed E-state index contributed by atoms with van der Waals surface area (Å²) in [6.07, 6.45) is 5.05. The zero-order valence-electron chi connectivity index (χ0n) is 11.8. The molecule has 1 aliphatic carbocycles. The number of nitrogens with zero attached hydrogens (tertiary/aromatic N) is 1. The van der Waals surface area contributed by atoms with Crippen LogP contribution < -0.4 is 10.9 Å². The second-order valence-electron chi connectivity index (χ2n) is 5.79. The molecule has 1 aromatic heterocycles. The largest absolute Gasteiger partial charge is 0.349 e. The van der Waals surface area contributed by atoms with E-state index >= 15 is 0 Å². The first-order valence-electron chi connectivity index (χ1n) is 7.42. The maximum Gasteiger partial charge on any atom is 0.252 e. The molecule has 1 aliphatic heterocycles. The molecule has 6 heteroatoms. The van der Waals surface area contributed by atoms with E-state index in [1.54, 1.807) is 0 Å². The Morgan fingerprint density at radius 2 is 1.86 bits per heavy atom. The highest BCUT2D eigenvalue weighted by Crippen LogP contribution is 2.31. The molecule has 2 fully saturated rings. The second-order valence-corrected chi connectivity index (χ2v) is 5.79. The lowest BCUT2D eigenvalue weighted by molar-refractivity contribution is -0.133. The summed E-state index contributed by atoms with van der Waals surface area (Å²) in [5, 5.41) is 2.96. The Labute approximate surface area is 122 Å². The molecule has 2 aliphatic rings. The van der Waals surface area contributed by atoms with Crippen molar-refractivity contribution in [3.63, 3.8) is 0 Å². The van der Waals surface area contributed by atoms with E-state index in [4.69, 9.17) is 0 Å². The first-order chi connectivity index (χ1) is 10.1. The number of aromatic nitrogens is 1. The number of hydrogen-bond donors (Lipinski definition) is 2. The summed E-state index contributed by atoms with van der Waals surface area (Å²) in [4.78, 5) is 39.4. The van der Waals surface area contributed by atoms with Gasteiger partial charge in [0.1, 0.15) is 0 Å². The average Bonchev–Trinajstić information content (AvgIpc) is 3.32. The Hall–Kier alpha value is -2.11. The average molecular weight is 289 g/mol. The highest BCUT2D eigenvalue weighted by Gasteiger charge is 2.35. The molecule has 0 bridgehead atoms. The molecule has 2 amide bonds. The van der Waals surface area contributed by atoms with Crippen molar-refractivity contribution in [2.45, 2.75) is 31.7 Å². The number of piperidine rings is 1. The van der Waals surface area contributed by atoms with Crippen LogP contribution in [-0.4, -0.2) is 40.8 Å². The maximum absolute atomic E-state index is 12.0. The van der Waals surface area contributed by atoms with Crippen molar-refractivity contribution in [1.29, 1.82) is 0 Å². The molecule has 0 aromatic carbocycles. The van der Waals surface area contributed by atoms with Gasteiger partial charge in [-0.2, -0.15) is 0 Å². The molecule has 1 saturated heterocycles. The van der Waals surface area contributed by atoms with E-state index in [2.05, 4.69) is 10.3 Å². The molecule has 2 heterocycles. The molecule has 1 saturated carbocycles. The first-order valence-corrected chi connectivity index (χ1v) is 7.42. The van der Waals surface area contributed by atoms with E-state index in [1.165, 1.54) is 18.3 Å². The van der Waals surface area contributed by atoms with Crippen LogP contribution in [0, 0.1) is 5.92 Å². The number of H-pyrrole nitrogens is 1. The molecule has 0 unspecified atom stereocenters. The Balaban J connectivity index is 1.50. The summed E-state index contributed by atoms with van der Waals surface area (Å²) in [5.74, 6) is 0.357. The van der Waals surface area contributed by atoms with Gasteiger partial charge in [0, 0.05) is 37.3 Å². The normalized spacial score (nSPS) is 19.3. The zero-order valence-corrected chi connectivity index (χ0v) is 11.8. The van der Waals surface area contributed by atoms with Crippen LogP contribution in [0.3, 0.4) is 0 Å². The molecule has 0 atom stereocenters. The lowest BCUT2D eigenvalue weighted by Crippen LogP contribution is -2.47. The minimum Gasteiger partial charge on any atom is -0.349 e. The van der Waals surface area contributed by atoms with Gasteiger partial charge in [0.2, 0.25) is 11.5 Å². The molecule has 6 nitrogen and oxygen atoms in total. The van der Waals surface area contributed by atoms with Crippen LogP contribution in [0.5, 0.6) is 0 Å². The summed E-state index contributed by atoms with van der Waals surface area (Å²) in [6.45, 7) is 1.43. The van der Waals surface area contributed by atoms with Gasteiger partial charge in [-0.25, -0.2) is 0 Å². The second kappa shape index (κ2) is 5.71. The lowest BCUT2D eigenvalue weighted by atomic mass is 10.0. The third-order valence-electron chi connectivity index (χ3n) is 4.11. The third kappa shape index (κ3) is 3.32. The number of pyridine rings is 1. The van der Waals surface area contributed by atoms with E-state index in [-0.39, 0.29) is 29.3 Å². The van der Waals surface area contributed by atoms with Crippen LogP contribution >= 0.6 is 0 Å². The van der Waals surface area contributed by atoms with Crippen LogP contribution in [0.25, 0.3) is 0 Å². The Morgan fingerprint density at radius 1 is 1.14 bits per heavy atom. The summed E-state index contributed by atoms with van der Waals surface area (Å²) < 4.78 is 0. The van der Waals surface area contributed by atoms with Crippen molar-refractivity contribution < 1.29 is 9.59 Å². The third-order valence-corrected chi connectivity index (χ3v) is 4.11. The van der Waals surface area contributed by atoms with Crippen molar-refractivity contribution in [1.82, 2.24) is 15.2 Å². The Kier molecular flexibility index (Phi) is 3.77. The van der Waals surface area contributed by atoms with E-state index in [0.717, 1.165) is 25.7 Å². The summed E-state index contributed by atoms with van der Waals surface area (Å²) in [5.41, 5.74) is 0.226. The Bertz CT molecular complexity index is 578. The summed E-state index contributed by atoms with van der Waals surface area (Å²) >= 11 is 0. The number of rotatable bonds is 3. The first kappa shape index (κ1) is 13.9. The number of nitrogens with one attached hydrogen (secondary N) is 2. The minimum absolute atomic E-state index is 0.0904. The van der Waals surface area contributed by atoms with E-state index < -0.39 is 0 Å². The van der Waals surface area contributed by atoms with E-state index in [9.17, 15) is 14.4 Å². The van der Waals surface area contributed by atoms with Crippen molar-refractivity contribution >= 4 is 11.8 Å². The smallest absolute Gasteiger partial charge is 0.252 e. The monoisotopic (exact) mass is 289 g/mol. The van der Waals surface area contributed by atoms with Gasteiger partial charge in [0.05, 0.1) is 5.56 Å². The summed E-state index contributed by atoms with van der Waals surface area (Å²) in [7, 11) is 0. The van der Waals surface area contributed by atoms with Gasteiger partial charge < -0.3 is 15.2 Å². The van der Waals surface area contributed by atoms with Crippen molar-refractivity contribution in [3.05, 3.63) is 34.2 Å². The SMILES string of the molecule is O=C(NC1CCN(C(=O)C2CC2)CC1)c1ccc(=O)[nH]c1. The predicted molar refractivity (Wildman–Crippen MR) is 76.9 cm³/mol. The number of carbonyl (C=O) groups excluding carboxylic acids is 2. The Morgan fingerprint density at radius 3 is 2.43 bits per heavy atom. The van der Waals surface area contributed by atoms with Crippen molar-refractivity contribution in [2.75, 3.05) is 13.1 Å². The molecule has 0 spiro atoms. The predicted octanol–water partition coefficient (Wildman–Crippen LogP) is 0.506. The van der Waals surface area contributed by atoms with E-state index in [0.29, 0.717) is 18.7 Å². The number of aromatic amines is 1. The van der Waals surface area contributed by atoms with Gasteiger partial charge in [-0.15, -0.1) is 0 Å². The van der Waals surface area contributed by atoms with Gasteiger partial charge in [-0.05, 0) is 31.7 Å². The fourth-order valence-electron chi connectivity index (χ4n) is 2.65. The molecule has 112 valence electrons. The standard InChI is InChI=1S/C15H19N3O3/c19-13-4-3-11(9-16-13)14(20)17-12-5-7-18(8-6-12)15(21)10-1-2-10/h3-4,9-10,12H,1-2,5-8H2,(H,16,19)(H,17,20). The molecular formula is C15H19N3O3. The van der Waals surface area contributed by atoms with Gasteiger partial charge in [-0.3, -0.25) is 14.4 Å². The molecule has 2 N–H and O–H groups in total.